The van der Waals surface area contributed by atoms with E-state index in [1.54, 1.807) is 6.92 Å². The highest BCUT2D eigenvalue weighted by Gasteiger charge is 2.16. The van der Waals surface area contributed by atoms with Crippen molar-refractivity contribution >= 4 is 34.4 Å². The number of benzene rings is 1. The number of phenols is 1. The number of hydrogen-bond donors (Lipinski definition) is 2. The minimum Gasteiger partial charge on any atom is -0.550 e. The Morgan fingerprint density at radius 1 is 1.39 bits per heavy atom. The van der Waals surface area contributed by atoms with Crippen molar-refractivity contribution in [1.82, 2.24) is 5.32 Å². The zero-order valence-corrected chi connectivity index (χ0v) is 12.9. The van der Waals surface area contributed by atoms with Crippen LogP contribution in [-0.4, -0.2) is 23.5 Å². The van der Waals surface area contributed by atoms with E-state index in [0.717, 1.165) is 0 Å². The average molecular weight is 339 g/mol. The highest BCUT2D eigenvalue weighted by molar-refractivity contribution is 6.32. The molecule has 23 heavy (non-hydrogen) atoms. The highest BCUT2D eigenvalue weighted by atomic mass is 35.5. The maximum Gasteiger partial charge on any atom is 0.340 e. The van der Waals surface area contributed by atoms with Crippen molar-refractivity contribution < 1.29 is 24.2 Å². The van der Waals surface area contributed by atoms with Gasteiger partial charge in [-0.3, -0.25) is 4.79 Å². The Labute approximate surface area is 135 Å². The molecule has 2 aromatic rings. The van der Waals surface area contributed by atoms with Crippen molar-refractivity contribution in [2.75, 3.05) is 6.54 Å². The van der Waals surface area contributed by atoms with Gasteiger partial charge in [-0.15, -0.1) is 0 Å². The smallest absolute Gasteiger partial charge is 0.340 e. The molecule has 0 saturated carbocycles. The van der Waals surface area contributed by atoms with E-state index in [9.17, 15) is 24.6 Å². The van der Waals surface area contributed by atoms with Gasteiger partial charge in [-0.2, -0.15) is 0 Å². The average Bonchev–Trinajstić information content (AvgIpc) is 2.45. The number of fused-ring (bicyclic) bond motifs is 1. The topological polar surface area (TPSA) is 120 Å². The van der Waals surface area contributed by atoms with Crippen LogP contribution in [0.1, 0.15) is 17.5 Å². The molecular formula is C15H13ClNO6-. The lowest BCUT2D eigenvalue weighted by molar-refractivity contribution is -0.305. The number of halogens is 1. The van der Waals surface area contributed by atoms with Crippen LogP contribution in [0, 0.1) is 6.92 Å². The first kappa shape index (κ1) is 16.8. The number of carboxylic acid groups (broad SMARTS) is 1. The normalized spacial score (nSPS) is 10.7. The Morgan fingerprint density at radius 3 is 2.74 bits per heavy atom. The van der Waals surface area contributed by atoms with E-state index in [1.807, 2.05) is 0 Å². The minimum atomic E-state index is -1.28. The molecule has 0 aliphatic heterocycles. The van der Waals surface area contributed by atoms with E-state index in [4.69, 9.17) is 16.0 Å². The first-order chi connectivity index (χ1) is 10.8. The standard InChI is InChI=1S/C15H14ClNO6/c1-7-8-4-10(16)11(18)6-12(8)23-15(22)9(7)5-13(19)17-3-2-14(20)21/h4,6,18H,2-3,5H2,1H3,(H,17,19)(H,20,21)/p-1. The molecule has 1 aromatic heterocycles. The first-order valence-electron chi connectivity index (χ1n) is 6.71. The summed E-state index contributed by atoms with van der Waals surface area (Å²) in [4.78, 5) is 34.1. The van der Waals surface area contributed by atoms with Gasteiger partial charge in [0.05, 0.1) is 17.0 Å². The van der Waals surface area contributed by atoms with Crippen molar-refractivity contribution in [3.63, 3.8) is 0 Å². The van der Waals surface area contributed by atoms with Gasteiger partial charge >= 0.3 is 5.63 Å². The van der Waals surface area contributed by atoms with Crippen LogP contribution in [-0.2, 0) is 16.0 Å². The lowest BCUT2D eigenvalue weighted by Gasteiger charge is -2.09. The minimum absolute atomic E-state index is 0.0845. The third kappa shape index (κ3) is 3.81. The molecule has 0 aliphatic rings. The third-order valence-corrected chi connectivity index (χ3v) is 3.65. The highest BCUT2D eigenvalue weighted by Crippen LogP contribution is 2.30. The molecule has 122 valence electrons. The molecule has 1 heterocycles. The van der Waals surface area contributed by atoms with Gasteiger partial charge in [-0.25, -0.2) is 4.79 Å². The number of amides is 1. The van der Waals surface area contributed by atoms with Crippen molar-refractivity contribution in [2.45, 2.75) is 19.8 Å². The molecule has 0 unspecified atom stereocenters. The summed E-state index contributed by atoms with van der Waals surface area (Å²) in [6.07, 6.45) is -0.568. The summed E-state index contributed by atoms with van der Waals surface area (Å²) in [7, 11) is 0. The lowest BCUT2D eigenvalue weighted by atomic mass is 10.0. The number of nitrogens with one attached hydrogen (secondary N) is 1. The molecule has 0 atom stereocenters. The number of carbonyl (C=O) groups is 2. The predicted molar refractivity (Wildman–Crippen MR) is 80.2 cm³/mol. The lowest BCUT2D eigenvalue weighted by Crippen LogP contribution is -2.32. The zero-order chi connectivity index (χ0) is 17.1. The molecule has 8 heteroatoms. The summed E-state index contributed by atoms with van der Waals surface area (Å²) in [6, 6.07) is 2.68. The SMILES string of the molecule is Cc1c(CC(=O)NCCC(=O)[O-])c(=O)oc2cc(O)c(Cl)cc12. The van der Waals surface area contributed by atoms with Crippen molar-refractivity contribution in [1.29, 1.82) is 0 Å². The van der Waals surface area contributed by atoms with E-state index in [0.29, 0.717) is 10.9 Å². The monoisotopic (exact) mass is 338 g/mol. The van der Waals surface area contributed by atoms with E-state index in [2.05, 4.69) is 5.32 Å². The molecular weight excluding hydrogens is 326 g/mol. The first-order valence-corrected chi connectivity index (χ1v) is 7.08. The summed E-state index contributed by atoms with van der Waals surface area (Å²) in [5.41, 5.74) is 0.112. The second-order valence-corrected chi connectivity index (χ2v) is 5.35. The molecule has 0 aliphatic carbocycles. The van der Waals surface area contributed by atoms with Crippen LogP contribution in [0.5, 0.6) is 5.75 Å². The molecule has 2 N–H and O–H groups in total. The van der Waals surface area contributed by atoms with E-state index in [-0.39, 0.29) is 41.3 Å². The van der Waals surface area contributed by atoms with Gasteiger partial charge in [-0.1, -0.05) is 11.6 Å². The number of hydrogen-bond acceptors (Lipinski definition) is 6. The Hall–Kier alpha value is -2.54. The Kier molecular flexibility index (Phi) is 4.90. The Bertz CT molecular complexity index is 842. The zero-order valence-electron chi connectivity index (χ0n) is 12.1. The van der Waals surface area contributed by atoms with Gasteiger partial charge in [0, 0.05) is 30.4 Å². The number of phenolic OH excluding ortho intramolecular Hbond substituents is 1. The number of rotatable bonds is 5. The van der Waals surface area contributed by atoms with E-state index >= 15 is 0 Å². The molecule has 1 aromatic carbocycles. The van der Waals surface area contributed by atoms with Gasteiger partial charge in [0.2, 0.25) is 5.91 Å². The van der Waals surface area contributed by atoms with Crippen LogP contribution in [0.4, 0.5) is 0 Å². The van der Waals surface area contributed by atoms with E-state index < -0.39 is 17.5 Å². The number of carboxylic acids is 1. The molecule has 7 nitrogen and oxygen atoms in total. The van der Waals surface area contributed by atoms with Crippen LogP contribution >= 0.6 is 11.6 Å². The van der Waals surface area contributed by atoms with Crippen LogP contribution in [0.25, 0.3) is 11.0 Å². The fraction of sp³-hybridized carbons (Fsp3) is 0.267. The van der Waals surface area contributed by atoms with E-state index in [1.165, 1.54) is 12.1 Å². The molecule has 1 amide bonds. The van der Waals surface area contributed by atoms with Crippen molar-refractivity contribution in [3.8, 4) is 5.75 Å². The Morgan fingerprint density at radius 2 is 2.09 bits per heavy atom. The molecule has 0 radical (unpaired) electrons. The maximum atomic E-state index is 12.0. The Balaban J connectivity index is 2.30. The van der Waals surface area contributed by atoms with Gasteiger partial charge in [0.25, 0.3) is 0 Å². The number of aryl methyl sites for hydroxylation is 1. The molecule has 0 fully saturated rings. The van der Waals surface area contributed by atoms with Crippen LogP contribution in [0.3, 0.4) is 0 Å². The molecule has 0 spiro atoms. The maximum absolute atomic E-state index is 12.0. The molecule has 2 rings (SSSR count). The number of aliphatic carboxylic acids is 1. The van der Waals surface area contributed by atoms with Crippen molar-refractivity contribution in [2.24, 2.45) is 0 Å². The molecule has 0 saturated heterocycles. The summed E-state index contributed by atoms with van der Waals surface area (Å²) in [6.45, 7) is 1.55. The van der Waals surface area contributed by atoms with Gasteiger partial charge in [0.1, 0.15) is 11.3 Å². The quantitative estimate of drug-likeness (QED) is 0.754. The number of carbonyl (C=O) groups excluding carboxylic acids is 2. The third-order valence-electron chi connectivity index (χ3n) is 3.34. The largest absolute Gasteiger partial charge is 0.550 e. The summed E-state index contributed by atoms with van der Waals surface area (Å²) < 4.78 is 5.09. The van der Waals surface area contributed by atoms with Crippen molar-refractivity contribution in [3.05, 3.63) is 38.7 Å². The van der Waals surface area contributed by atoms with Crippen LogP contribution in [0.2, 0.25) is 5.02 Å². The van der Waals surface area contributed by atoms with Gasteiger partial charge in [0.15, 0.2) is 0 Å². The summed E-state index contributed by atoms with van der Waals surface area (Å²) in [5, 5.41) is 22.8. The molecule has 0 bridgehead atoms. The second kappa shape index (κ2) is 6.70. The summed E-state index contributed by atoms with van der Waals surface area (Å²) >= 11 is 5.85. The second-order valence-electron chi connectivity index (χ2n) is 4.94. The van der Waals surface area contributed by atoms with Gasteiger partial charge < -0.3 is 24.7 Å². The van der Waals surface area contributed by atoms with Crippen LogP contribution < -0.4 is 16.0 Å². The fourth-order valence-electron chi connectivity index (χ4n) is 2.13. The number of aromatic hydroxyl groups is 1. The predicted octanol–water partition coefficient (Wildman–Crippen LogP) is 0.259. The fourth-order valence-corrected chi connectivity index (χ4v) is 2.29. The summed E-state index contributed by atoms with van der Waals surface area (Å²) in [5.74, 6) is -2.00. The van der Waals surface area contributed by atoms with Gasteiger partial charge in [-0.05, 0) is 18.6 Å². The van der Waals surface area contributed by atoms with Crippen LogP contribution in [0.15, 0.2) is 21.3 Å².